The van der Waals surface area contributed by atoms with Crippen molar-refractivity contribution < 1.29 is 0 Å². The molecule has 1 aliphatic rings. The van der Waals surface area contributed by atoms with Crippen molar-refractivity contribution in [3.05, 3.63) is 15.1 Å². The van der Waals surface area contributed by atoms with Crippen molar-refractivity contribution in [1.82, 2.24) is 9.97 Å². The SMILES string of the molecule is CCc1nc(C2SCCSC2C)nc(N)c1I. The highest BCUT2D eigenvalue weighted by atomic mass is 127. The van der Waals surface area contributed by atoms with Crippen LogP contribution in [0.4, 0.5) is 5.82 Å². The van der Waals surface area contributed by atoms with E-state index in [2.05, 4.69) is 41.4 Å². The minimum Gasteiger partial charge on any atom is -0.383 e. The molecule has 0 spiro atoms. The second-order valence-electron chi connectivity index (χ2n) is 3.95. The van der Waals surface area contributed by atoms with Crippen LogP contribution in [0.5, 0.6) is 0 Å². The molecule has 0 amide bonds. The smallest absolute Gasteiger partial charge is 0.145 e. The first-order chi connectivity index (χ1) is 8.13. The maximum atomic E-state index is 5.97. The van der Waals surface area contributed by atoms with Crippen LogP contribution in [-0.4, -0.2) is 26.7 Å². The van der Waals surface area contributed by atoms with Gasteiger partial charge in [-0.25, -0.2) is 9.97 Å². The van der Waals surface area contributed by atoms with E-state index in [9.17, 15) is 0 Å². The second kappa shape index (κ2) is 5.97. The van der Waals surface area contributed by atoms with E-state index in [0.29, 0.717) is 16.3 Å². The maximum absolute atomic E-state index is 5.97. The van der Waals surface area contributed by atoms with Crippen LogP contribution in [-0.2, 0) is 6.42 Å². The molecule has 2 heterocycles. The summed E-state index contributed by atoms with van der Waals surface area (Å²) < 4.78 is 1.01. The molecule has 0 bridgehead atoms. The molecule has 1 aromatic heterocycles. The van der Waals surface area contributed by atoms with E-state index in [4.69, 9.17) is 10.7 Å². The zero-order valence-electron chi connectivity index (χ0n) is 9.94. The Morgan fingerprint density at radius 1 is 1.35 bits per heavy atom. The maximum Gasteiger partial charge on any atom is 0.145 e. The van der Waals surface area contributed by atoms with Crippen LogP contribution in [0.25, 0.3) is 0 Å². The van der Waals surface area contributed by atoms with E-state index in [1.807, 2.05) is 23.5 Å². The summed E-state index contributed by atoms with van der Waals surface area (Å²) in [7, 11) is 0. The van der Waals surface area contributed by atoms with Gasteiger partial charge in [0, 0.05) is 16.8 Å². The topological polar surface area (TPSA) is 51.8 Å². The third kappa shape index (κ3) is 3.01. The van der Waals surface area contributed by atoms with Gasteiger partial charge in [-0.05, 0) is 29.0 Å². The first-order valence-electron chi connectivity index (χ1n) is 5.68. The molecule has 0 saturated carbocycles. The van der Waals surface area contributed by atoms with E-state index in [-0.39, 0.29) is 0 Å². The van der Waals surface area contributed by atoms with Gasteiger partial charge < -0.3 is 5.73 Å². The fourth-order valence-electron chi connectivity index (χ4n) is 1.81. The van der Waals surface area contributed by atoms with Crippen LogP contribution in [0.1, 0.15) is 30.6 Å². The fraction of sp³-hybridized carbons (Fsp3) is 0.636. The van der Waals surface area contributed by atoms with E-state index in [1.165, 1.54) is 11.5 Å². The average molecular weight is 381 g/mol. The minimum atomic E-state index is 0.387. The van der Waals surface area contributed by atoms with Gasteiger partial charge in [-0.3, -0.25) is 0 Å². The molecule has 17 heavy (non-hydrogen) atoms. The highest BCUT2D eigenvalue weighted by Crippen LogP contribution is 2.41. The summed E-state index contributed by atoms with van der Waals surface area (Å²) in [6, 6.07) is 0. The van der Waals surface area contributed by atoms with Crippen molar-refractivity contribution >= 4 is 51.9 Å². The number of halogens is 1. The number of rotatable bonds is 2. The van der Waals surface area contributed by atoms with E-state index < -0.39 is 0 Å². The van der Waals surface area contributed by atoms with E-state index in [0.717, 1.165) is 21.5 Å². The zero-order chi connectivity index (χ0) is 12.4. The number of nitrogen functional groups attached to an aromatic ring is 1. The summed E-state index contributed by atoms with van der Waals surface area (Å²) in [5, 5.41) is 0.955. The lowest BCUT2D eigenvalue weighted by molar-refractivity contribution is 0.803. The molecule has 2 atom stereocenters. The van der Waals surface area contributed by atoms with Gasteiger partial charge in [0.25, 0.3) is 0 Å². The molecular weight excluding hydrogens is 365 g/mol. The minimum absolute atomic E-state index is 0.387. The van der Waals surface area contributed by atoms with E-state index >= 15 is 0 Å². The number of aromatic nitrogens is 2. The quantitative estimate of drug-likeness (QED) is 0.798. The third-order valence-corrected chi connectivity index (χ3v) is 7.00. The van der Waals surface area contributed by atoms with Gasteiger partial charge in [-0.15, -0.1) is 11.8 Å². The van der Waals surface area contributed by atoms with Crippen molar-refractivity contribution in [2.75, 3.05) is 17.2 Å². The number of anilines is 1. The predicted octanol–water partition coefficient (Wildman–Crippen LogP) is 3.14. The Hall–Kier alpha value is 0.310. The molecule has 3 nitrogen and oxygen atoms in total. The lowest BCUT2D eigenvalue weighted by Crippen LogP contribution is -2.20. The van der Waals surface area contributed by atoms with Crippen LogP contribution in [0, 0.1) is 3.57 Å². The third-order valence-electron chi connectivity index (χ3n) is 2.74. The van der Waals surface area contributed by atoms with Gasteiger partial charge in [0.05, 0.1) is 14.5 Å². The molecule has 6 heteroatoms. The largest absolute Gasteiger partial charge is 0.383 e. The summed E-state index contributed by atoms with van der Waals surface area (Å²) >= 11 is 6.19. The summed E-state index contributed by atoms with van der Waals surface area (Å²) in [5.74, 6) is 3.96. The van der Waals surface area contributed by atoms with Crippen LogP contribution in [0.15, 0.2) is 0 Å². The Morgan fingerprint density at radius 3 is 2.71 bits per heavy atom. The molecule has 1 fully saturated rings. The first kappa shape index (κ1) is 13.7. The number of hydrogen-bond donors (Lipinski definition) is 1. The number of hydrogen-bond acceptors (Lipinski definition) is 5. The predicted molar refractivity (Wildman–Crippen MR) is 85.7 cm³/mol. The molecule has 2 rings (SSSR count). The molecule has 1 saturated heterocycles. The number of nitrogens with zero attached hydrogens (tertiary/aromatic N) is 2. The number of nitrogens with two attached hydrogens (primary N) is 1. The molecule has 94 valence electrons. The van der Waals surface area contributed by atoms with Gasteiger partial charge in [-0.1, -0.05) is 13.8 Å². The highest BCUT2D eigenvalue weighted by Gasteiger charge is 2.27. The Morgan fingerprint density at radius 2 is 2.06 bits per heavy atom. The fourth-order valence-corrected chi connectivity index (χ4v) is 5.12. The Balaban J connectivity index is 2.34. The molecule has 2 N–H and O–H groups in total. The molecule has 0 aliphatic carbocycles. The summed E-state index contributed by atoms with van der Waals surface area (Å²) in [6.07, 6.45) is 0.914. The Bertz CT molecular complexity index is 414. The normalized spacial score (nSPS) is 24.9. The van der Waals surface area contributed by atoms with Gasteiger partial charge in [0.1, 0.15) is 11.6 Å². The lowest BCUT2D eigenvalue weighted by Gasteiger charge is -2.27. The zero-order valence-corrected chi connectivity index (χ0v) is 13.7. The van der Waals surface area contributed by atoms with Crippen molar-refractivity contribution in [2.24, 2.45) is 0 Å². The summed E-state index contributed by atoms with van der Waals surface area (Å²) in [6.45, 7) is 4.37. The van der Waals surface area contributed by atoms with Crippen molar-refractivity contribution in [3.8, 4) is 0 Å². The molecule has 2 unspecified atom stereocenters. The van der Waals surface area contributed by atoms with Crippen molar-refractivity contribution in [1.29, 1.82) is 0 Å². The van der Waals surface area contributed by atoms with Gasteiger partial charge in [0.2, 0.25) is 0 Å². The molecule has 0 aromatic carbocycles. The Kier molecular flexibility index (Phi) is 4.82. The average Bonchev–Trinajstić information content (AvgIpc) is 2.33. The monoisotopic (exact) mass is 381 g/mol. The van der Waals surface area contributed by atoms with Gasteiger partial charge in [-0.2, -0.15) is 11.8 Å². The van der Waals surface area contributed by atoms with Crippen LogP contribution in [0.3, 0.4) is 0 Å². The van der Waals surface area contributed by atoms with Gasteiger partial charge in [0.15, 0.2) is 0 Å². The first-order valence-corrected chi connectivity index (χ1v) is 8.86. The Labute approximate surface area is 124 Å². The van der Waals surface area contributed by atoms with Crippen molar-refractivity contribution in [3.63, 3.8) is 0 Å². The van der Waals surface area contributed by atoms with E-state index in [1.54, 1.807) is 0 Å². The van der Waals surface area contributed by atoms with Crippen LogP contribution < -0.4 is 5.73 Å². The van der Waals surface area contributed by atoms with Crippen LogP contribution >= 0.6 is 46.1 Å². The molecule has 1 aliphatic heterocycles. The highest BCUT2D eigenvalue weighted by molar-refractivity contribution is 14.1. The van der Waals surface area contributed by atoms with Crippen molar-refractivity contribution in [2.45, 2.75) is 30.8 Å². The number of aryl methyl sites for hydroxylation is 1. The molecule has 1 aromatic rings. The standard InChI is InChI=1S/C11H16IN3S2/c1-3-7-8(12)10(13)15-11(14-7)9-6(2)16-4-5-17-9/h6,9H,3-5H2,1-2H3,(H2,13,14,15). The lowest BCUT2D eigenvalue weighted by atomic mass is 10.2. The van der Waals surface area contributed by atoms with Crippen LogP contribution in [0.2, 0.25) is 0 Å². The summed E-state index contributed by atoms with van der Waals surface area (Å²) in [5.41, 5.74) is 7.05. The molecular formula is C11H16IN3S2. The van der Waals surface area contributed by atoms with Gasteiger partial charge >= 0.3 is 0 Å². The summed E-state index contributed by atoms with van der Waals surface area (Å²) in [4.78, 5) is 9.17. The second-order valence-corrected chi connectivity index (χ2v) is 7.76. The number of thioether (sulfide) groups is 2. The molecule has 0 radical (unpaired) electrons.